The van der Waals surface area contributed by atoms with Crippen molar-refractivity contribution in [3.05, 3.63) is 11.1 Å². The zero-order valence-corrected chi connectivity index (χ0v) is 5.55. The Balaban J connectivity index is 2.75. The molecule has 0 aliphatic carbocycles. The molecule has 1 aromatic rings. The molecule has 0 amide bonds. The van der Waals surface area contributed by atoms with Crippen LogP contribution >= 0.6 is 11.5 Å². The van der Waals surface area contributed by atoms with E-state index < -0.39 is 5.97 Å². The summed E-state index contributed by atoms with van der Waals surface area (Å²) in [7, 11) is 0. The van der Waals surface area contributed by atoms with Crippen LogP contribution in [-0.2, 0) is 4.79 Å². The second-order valence-electron chi connectivity index (χ2n) is 1.35. The Hall–Kier alpha value is -1.41. The van der Waals surface area contributed by atoms with Gasteiger partial charge < -0.3 is 5.11 Å². The van der Waals surface area contributed by atoms with E-state index in [4.69, 9.17) is 5.11 Å². The van der Waals surface area contributed by atoms with Crippen molar-refractivity contribution < 1.29 is 9.90 Å². The molecule has 0 aromatic carbocycles. The molecule has 4 nitrogen and oxygen atoms in total. The first kappa shape index (κ1) is 6.71. The monoisotopic (exact) mass is 154 g/mol. The van der Waals surface area contributed by atoms with Gasteiger partial charge in [0.1, 0.15) is 5.69 Å². The van der Waals surface area contributed by atoms with Crippen molar-refractivity contribution >= 4 is 17.5 Å². The number of rotatable bonds is 0. The third-order valence-electron chi connectivity index (χ3n) is 0.658. The van der Waals surface area contributed by atoms with Gasteiger partial charge in [0, 0.05) is 11.3 Å². The number of carbonyl (C=O) groups is 1. The third kappa shape index (κ3) is 1.84. The molecule has 0 radical (unpaired) electrons. The van der Waals surface area contributed by atoms with E-state index in [1.54, 1.807) is 5.38 Å². The van der Waals surface area contributed by atoms with Crippen molar-refractivity contribution in [1.29, 1.82) is 0 Å². The van der Waals surface area contributed by atoms with Gasteiger partial charge >= 0.3 is 5.97 Å². The van der Waals surface area contributed by atoms with Crippen LogP contribution in [0.5, 0.6) is 0 Å². The molecule has 0 saturated carbocycles. The van der Waals surface area contributed by atoms with E-state index in [1.165, 1.54) is 0 Å². The molecule has 0 bridgehead atoms. The lowest BCUT2D eigenvalue weighted by atomic mass is 10.5. The molecule has 0 aliphatic heterocycles. The van der Waals surface area contributed by atoms with Crippen LogP contribution in [0.3, 0.4) is 0 Å². The second-order valence-corrected chi connectivity index (χ2v) is 1.96. The Morgan fingerprint density at radius 3 is 3.10 bits per heavy atom. The highest BCUT2D eigenvalue weighted by atomic mass is 32.1. The number of aromatic nitrogens is 2. The maximum Gasteiger partial charge on any atom is 0.382 e. The number of nitrogens with zero attached hydrogens (tertiary/aromatic N) is 2. The van der Waals surface area contributed by atoms with Crippen molar-refractivity contribution in [2.75, 3.05) is 0 Å². The van der Waals surface area contributed by atoms with Gasteiger partial charge in [-0.3, -0.25) is 0 Å². The summed E-state index contributed by atoms with van der Waals surface area (Å²) in [6.07, 6.45) is 0. The fraction of sp³-hybridized carbons (Fsp3) is 0. The number of hydrogen-bond donors (Lipinski definition) is 1. The molecule has 0 unspecified atom stereocenters. The summed E-state index contributed by atoms with van der Waals surface area (Å²) in [5.41, 5.74) is 0.396. The molecule has 10 heavy (non-hydrogen) atoms. The Bertz CT molecular complexity index is 282. The first-order valence-electron chi connectivity index (χ1n) is 2.31. The normalized spacial score (nSPS) is 8.00. The standard InChI is InChI=1S/C5H2N2O2S/c8-5(9)2-1-4-3-10-7-6-4/h3H,(H,8,9). The number of aliphatic carboxylic acids is 1. The second kappa shape index (κ2) is 2.94. The highest BCUT2D eigenvalue weighted by Crippen LogP contribution is 1.92. The van der Waals surface area contributed by atoms with Crippen molar-refractivity contribution in [1.82, 2.24) is 9.59 Å². The van der Waals surface area contributed by atoms with Gasteiger partial charge in [-0.1, -0.05) is 4.49 Å². The molecule has 1 rings (SSSR count). The summed E-state index contributed by atoms with van der Waals surface area (Å²) in [4.78, 5) is 9.88. The van der Waals surface area contributed by atoms with Gasteiger partial charge in [0.05, 0.1) is 0 Å². The third-order valence-corrected chi connectivity index (χ3v) is 1.16. The largest absolute Gasteiger partial charge is 0.472 e. The molecular formula is C5H2N2O2S. The summed E-state index contributed by atoms with van der Waals surface area (Å²) >= 11 is 1.13. The fourth-order valence-electron chi connectivity index (χ4n) is 0.337. The average molecular weight is 154 g/mol. The molecule has 0 fully saturated rings. The number of carboxylic acid groups (broad SMARTS) is 1. The van der Waals surface area contributed by atoms with Crippen molar-refractivity contribution in [3.8, 4) is 11.8 Å². The van der Waals surface area contributed by atoms with Crippen LogP contribution in [0.25, 0.3) is 0 Å². The van der Waals surface area contributed by atoms with Crippen LogP contribution in [0.1, 0.15) is 5.69 Å². The van der Waals surface area contributed by atoms with Gasteiger partial charge in [0.25, 0.3) is 0 Å². The van der Waals surface area contributed by atoms with Crippen molar-refractivity contribution in [2.45, 2.75) is 0 Å². The highest BCUT2D eigenvalue weighted by molar-refractivity contribution is 7.03. The fourth-order valence-corrected chi connectivity index (χ4v) is 0.725. The summed E-state index contributed by atoms with van der Waals surface area (Å²) < 4.78 is 3.50. The Morgan fingerprint density at radius 2 is 2.60 bits per heavy atom. The lowest BCUT2D eigenvalue weighted by Crippen LogP contribution is -1.87. The van der Waals surface area contributed by atoms with E-state index in [0.29, 0.717) is 5.69 Å². The maximum absolute atomic E-state index is 9.88. The van der Waals surface area contributed by atoms with Crippen LogP contribution in [0.4, 0.5) is 0 Å². The van der Waals surface area contributed by atoms with Crippen LogP contribution in [0.2, 0.25) is 0 Å². The quantitative estimate of drug-likeness (QED) is 0.533. The Morgan fingerprint density at radius 1 is 1.80 bits per heavy atom. The minimum Gasteiger partial charge on any atom is -0.472 e. The van der Waals surface area contributed by atoms with E-state index in [2.05, 4.69) is 15.5 Å². The first-order valence-corrected chi connectivity index (χ1v) is 3.14. The van der Waals surface area contributed by atoms with Crippen LogP contribution in [-0.4, -0.2) is 20.7 Å². The predicted molar refractivity (Wildman–Crippen MR) is 34.4 cm³/mol. The van der Waals surface area contributed by atoms with Gasteiger partial charge in [-0.15, -0.1) is 5.10 Å². The van der Waals surface area contributed by atoms with E-state index in [0.717, 1.165) is 11.5 Å². The molecule has 0 aliphatic rings. The Kier molecular flexibility index (Phi) is 1.97. The average Bonchev–Trinajstić information content (AvgIpc) is 2.34. The van der Waals surface area contributed by atoms with Crippen molar-refractivity contribution in [2.24, 2.45) is 0 Å². The lowest BCUT2D eigenvalue weighted by molar-refractivity contribution is -0.130. The molecular weight excluding hydrogens is 152 g/mol. The summed E-state index contributed by atoms with van der Waals surface area (Å²) in [6, 6.07) is 0. The van der Waals surface area contributed by atoms with E-state index in [-0.39, 0.29) is 0 Å². The van der Waals surface area contributed by atoms with Gasteiger partial charge in [0.2, 0.25) is 0 Å². The lowest BCUT2D eigenvalue weighted by Gasteiger charge is -1.70. The molecule has 1 aromatic heterocycles. The summed E-state index contributed by atoms with van der Waals surface area (Å²) in [5, 5.41) is 13.2. The van der Waals surface area contributed by atoms with Crippen LogP contribution in [0, 0.1) is 11.8 Å². The predicted octanol–water partition coefficient (Wildman–Crippen LogP) is -0.0258. The maximum atomic E-state index is 9.88. The minimum absolute atomic E-state index is 0.396. The topological polar surface area (TPSA) is 63.1 Å². The zero-order valence-electron chi connectivity index (χ0n) is 4.74. The Labute approximate surface area is 60.7 Å². The molecule has 1 heterocycles. The summed E-state index contributed by atoms with van der Waals surface area (Å²) in [5.74, 6) is 3.07. The molecule has 1 N–H and O–H groups in total. The van der Waals surface area contributed by atoms with E-state index in [1.807, 2.05) is 5.92 Å². The SMILES string of the molecule is O=C(O)C#Cc1csnn1. The van der Waals surface area contributed by atoms with Gasteiger partial charge in [-0.05, 0) is 17.5 Å². The smallest absolute Gasteiger partial charge is 0.382 e. The van der Waals surface area contributed by atoms with Gasteiger partial charge in [-0.2, -0.15) is 0 Å². The number of carboxylic acids is 1. The zero-order chi connectivity index (χ0) is 7.40. The highest BCUT2D eigenvalue weighted by Gasteiger charge is 1.88. The van der Waals surface area contributed by atoms with Crippen molar-refractivity contribution in [3.63, 3.8) is 0 Å². The molecule has 50 valence electrons. The van der Waals surface area contributed by atoms with Gasteiger partial charge in [0.15, 0.2) is 0 Å². The molecule has 0 spiro atoms. The number of hydrogen-bond acceptors (Lipinski definition) is 4. The molecule has 0 saturated heterocycles. The summed E-state index contributed by atoms with van der Waals surface area (Å²) in [6.45, 7) is 0. The van der Waals surface area contributed by atoms with E-state index in [9.17, 15) is 4.79 Å². The molecule has 5 heteroatoms. The van der Waals surface area contributed by atoms with Gasteiger partial charge in [-0.25, -0.2) is 4.79 Å². The molecule has 0 atom stereocenters. The van der Waals surface area contributed by atoms with Crippen LogP contribution in [0.15, 0.2) is 5.38 Å². The van der Waals surface area contributed by atoms with E-state index >= 15 is 0 Å². The van der Waals surface area contributed by atoms with Crippen LogP contribution < -0.4 is 0 Å². The first-order chi connectivity index (χ1) is 4.79. The minimum atomic E-state index is -1.16.